The van der Waals surface area contributed by atoms with Gasteiger partial charge in [-0.1, -0.05) is 31.2 Å². The second kappa shape index (κ2) is 5.42. The van der Waals surface area contributed by atoms with Gasteiger partial charge >= 0.3 is 0 Å². The molecule has 0 saturated carbocycles. The first-order chi connectivity index (χ1) is 9.02. The van der Waals surface area contributed by atoms with Crippen molar-refractivity contribution in [3.63, 3.8) is 0 Å². The van der Waals surface area contributed by atoms with Crippen LogP contribution >= 0.6 is 0 Å². The quantitative estimate of drug-likeness (QED) is 0.804. The number of aromatic nitrogens is 1. The van der Waals surface area contributed by atoms with Crippen LogP contribution in [-0.4, -0.2) is 18.4 Å². The standard InChI is InChI=1S/C14H18N2O2Si/c1-3-19(18)12-6-4-5-10(7-12)11-8-13(15)14(17)16(2)9-11/h4-9,18-19H,3,15H2,1-2H3. The Labute approximate surface area is 113 Å². The lowest BCUT2D eigenvalue weighted by molar-refractivity contribution is 0.586. The van der Waals surface area contributed by atoms with Crippen LogP contribution in [0, 0.1) is 0 Å². The Balaban J connectivity index is 2.50. The van der Waals surface area contributed by atoms with Crippen LogP contribution in [0.1, 0.15) is 6.92 Å². The van der Waals surface area contributed by atoms with Gasteiger partial charge in [0.05, 0.1) is 5.69 Å². The molecule has 0 bridgehead atoms. The van der Waals surface area contributed by atoms with Gasteiger partial charge in [0, 0.05) is 18.8 Å². The molecule has 100 valence electrons. The molecule has 2 aromatic rings. The molecule has 0 fully saturated rings. The van der Waals surface area contributed by atoms with Crippen molar-refractivity contribution < 1.29 is 4.80 Å². The number of aryl methyl sites for hydroxylation is 1. The maximum atomic E-state index is 11.6. The average Bonchev–Trinajstić information content (AvgIpc) is 2.43. The molecule has 0 saturated heterocycles. The first-order valence-corrected chi connectivity index (χ1v) is 8.18. The van der Waals surface area contributed by atoms with Crippen LogP contribution in [-0.2, 0) is 7.05 Å². The third-order valence-corrected chi connectivity index (χ3v) is 5.10. The fourth-order valence-corrected chi connectivity index (χ4v) is 3.23. The summed E-state index contributed by atoms with van der Waals surface area (Å²) in [6, 6.07) is 10.3. The van der Waals surface area contributed by atoms with Crippen LogP contribution in [0.15, 0.2) is 41.3 Å². The van der Waals surface area contributed by atoms with Crippen molar-refractivity contribution in [3.05, 3.63) is 46.9 Å². The molecule has 3 N–H and O–H groups in total. The van der Waals surface area contributed by atoms with E-state index in [0.717, 1.165) is 22.4 Å². The second-order valence-electron chi connectivity index (χ2n) is 4.65. The van der Waals surface area contributed by atoms with E-state index >= 15 is 0 Å². The average molecular weight is 274 g/mol. The summed E-state index contributed by atoms with van der Waals surface area (Å²) in [5, 5.41) is 1.01. The number of hydrogen-bond donors (Lipinski definition) is 2. The molecule has 1 unspecified atom stereocenters. The molecule has 1 heterocycles. The van der Waals surface area contributed by atoms with Gasteiger partial charge in [-0.05, 0) is 22.9 Å². The Bertz CT molecular complexity index is 626. The van der Waals surface area contributed by atoms with Crippen LogP contribution in [0.3, 0.4) is 0 Å². The minimum atomic E-state index is -1.83. The summed E-state index contributed by atoms with van der Waals surface area (Å²) in [6.07, 6.45) is 1.76. The van der Waals surface area contributed by atoms with Gasteiger partial charge in [0.15, 0.2) is 0 Å². The molecule has 1 aromatic heterocycles. The molecule has 0 aliphatic carbocycles. The molecule has 0 amide bonds. The lowest BCUT2D eigenvalue weighted by Crippen LogP contribution is -2.28. The van der Waals surface area contributed by atoms with E-state index in [0.29, 0.717) is 0 Å². The minimum absolute atomic E-state index is 0.192. The van der Waals surface area contributed by atoms with Crippen molar-refractivity contribution in [1.29, 1.82) is 0 Å². The molecule has 19 heavy (non-hydrogen) atoms. The lowest BCUT2D eigenvalue weighted by atomic mass is 10.1. The van der Waals surface area contributed by atoms with Crippen LogP contribution in [0.25, 0.3) is 11.1 Å². The minimum Gasteiger partial charge on any atom is -0.430 e. The first kappa shape index (κ1) is 13.6. The van der Waals surface area contributed by atoms with Gasteiger partial charge in [0.25, 0.3) is 5.56 Å². The largest absolute Gasteiger partial charge is 0.430 e. The molecule has 1 aromatic carbocycles. The summed E-state index contributed by atoms with van der Waals surface area (Å²) in [5.41, 5.74) is 7.61. The number of pyridine rings is 1. The van der Waals surface area contributed by atoms with E-state index in [9.17, 15) is 9.59 Å². The van der Waals surface area contributed by atoms with Gasteiger partial charge in [-0.2, -0.15) is 0 Å². The maximum absolute atomic E-state index is 11.6. The Morgan fingerprint density at radius 2 is 2.05 bits per heavy atom. The van der Waals surface area contributed by atoms with Gasteiger partial charge < -0.3 is 15.1 Å². The van der Waals surface area contributed by atoms with E-state index in [1.165, 1.54) is 4.57 Å². The van der Waals surface area contributed by atoms with E-state index in [2.05, 4.69) is 0 Å². The number of rotatable bonds is 3. The Kier molecular flexibility index (Phi) is 3.87. The number of nitrogen functional groups attached to an aromatic ring is 1. The van der Waals surface area contributed by atoms with Gasteiger partial charge in [-0.3, -0.25) is 4.79 Å². The first-order valence-electron chi connectivity index (χ1n) is 6.27. The molecular weight excluding hydrogens is 256 g/mol. The van der Waals surface area contributed by atoms with Gasteiger partial charge in [-0.25, -0.2) is 0 Å². The third kappa shape index (κ3) is 2.77. The third-order valence-electron chi connectivity index (χ3n) is 3.20. The summed E-state index contributed by atoms with van der Waals surface area (Å²) in [5.74, 6) is 0. The van der Waals surface area contributed by atoms with Crippen molar-refractivity contribution in [2.24, 2.45) is 7.05 Å². The highest BCUT2D eigenvalue weighted by atomic mass is 28.3. The number of benzene rings is 1. The zero-order chi connectivity index (χ0) is 14.0. The molecule has 2 rings (SSSR count). The predicted molar refractivity (Wildman–Crippen MR) is 81.0 cm³/mol. The highest BCUT2D eigenvalue weighted by molar-refractivity contribution is 6.66. The Morgan fingerprint density at radius 3 is 2.68 bits per heavy atom. The molecular formula is C14H18N2O2Si. The summed E-state index contributed by atoms with van der Waals surface area (Å²) in [7, 11) is -0.143. The number of nitrogens with two attached hydrogens (primary N) is 1. The predicted octanol–water partition coefficient (Wildman–Crippen LogP) is 0.577. The molecule has 0 spiro atoms. The van der Waals surface area contributed by atoms with Crippen LogP contribution in [0.4, 0.5) is 5.69 Å². The normalized spacial score (nSPS) is 12.4. The highest BCUT2D eigenvalue weighted by Crippen LogP contribution is 2.18. The van der Waals surface area contributed by atoms with Gasteiger partial charge in [-0.15, -0.1) is 0 Å². The molecule has 0 aliphatic heterocycles. The van der Waals surface area contributed by atoms with Gasteiger partial charge in [0.1, 0.15) is 0 Å². The second-order valence-corrected chi connectivity index (χ2v) is 7.16. The zero-order valence-corrected chi connectivity index (χ0v) is 12.3. The van der Waals surface area contributed by atoms with E-state index in [-0.39, 0.29) is 11.2 Å². The van der Waals surface area contributed by atoms with Crippen molar-refractivity contribution >= 4 is 19.9 Å². The van der Waals surface area contributed by atoms with Gasteiger partial charge in [0.2, 0.25) is 9.04 Å². The molecule has 5 heteroatoms. The summed E-state index contributed by atoms with van der Waals surface area (Å²) in [4.78, 5) is 21.6. The topological polar surface area (TPSA) is 68.2 Å². The summed E-state index contributed by atoms with van der Waals surface area (Å²) >= 11 is 0. The van der Waals surface area contributed by atoms with E-state index in [1.54, 1.807) is 19.3 Å². The Hall–Kier alpha value is -1.85. The molecule has 0 aliphatic rings. The molecule has 1 atom stereocenters. The summed E-state index contributed by atoms with van der Waals surface area (Å²) in [6.45, 7) is 1.99. The van der Waals surface area contributed by atoms with Crippen molar-refractivity contribution in [2.75, 3.05) is 5.73 Å². The fourth-order valence-electron chi connectivity index (χ4n) is 2.06. The molecule has 0 radical (unpaired) electrons. The number of anilines is 1. The van der Waals surface area contributed by atoms with Crippen molar-refractivity contribution in [2.45, 2.75) is 13.0 Å². The monoisotopic (exact) mass is 274 g/mol. The smallest absolute Gasteiger partial charge is 0.273 e. The zero-order valence-electron chi connectivity index (χ0n) is 11.1. The SMILES string of the molecule is CC[SiH](O)c1cccc(-c2cc(N)c(=O)n(C)c2)c1. The van der Waals surface area contributed by atoms with E-state index in [1.807, 2.05) is 31.2 Å². The Morgan fingerprint density at radius 1 is 1.32 bits per heavy atom. The summed E-state index contributed by atoms with van der Waals surface area (Å²) < 4.78 is 1.48. The van der Waals surface area contributed by atoms with Crippen LogP contribution in [0.2, 0.25) is 6.04 Å². The van der Waals surface area contributed by atoms with Crippen LogP contribution in [0.5, 0.6) is 0 Å². The number of hydrogen-bond acceptors (Lipinski definition) is 3. The lowest BCUT2D eigenvalue weighted by Gasteiger charge is -2.10. The van der Waals surface area contributed by atoms with Crippen molar-refractivity contribution in [3.8, 4) is 11.1 Å². The van der Waals surface area contributed by atoms with E-state index < -0.39 is 9.04 Å². The maximum Gasteiger partial charge on any atom is 0.273 e. The number of nitrogens with zero attached hydrogens (tertiary/aromatic N) is 1. The van der Waals surface area contributed by atoms with Crippen LogP contribution < -0.4 is 16.5 Å². The van der Waals surface area contributed by atoms with E-state index in [4.69, 9.17) is 5.73 Å². The fraction of sp³-hybridized carbons (Fsp3) is 0.214. The highest BCUT2D eigenvalue weighted by Gasteiger charge is 2.09. The van der Waals surface area contributed by atoms with Crippen molar-refractivity contribution in [1.82, 2.24) is 4.57 Å². The molecule has 4 nitrogen and oxygen atoms in total.